The summed E-state index contributed by atoms with van der Waals surface area (Å²) in [4.78, 5) is 12.9. The molecule has 1 amide bonds. The second-order valence-corrected chi connectivity index (χ2v) is 8.10. The molecule has 158 valence electrons. The molecule has 0 aliphatic heterocycles. The zero-order chi connectivity index (χ0) is 21.3. The molecular formula is C22H27N5O2S. The van der Waals surface area contributed by atoms with Gasteiger partial charge in [0.2, 0.25) is 11.1 Å². The highest BCUT2D eigenvalue weighted by Crippen LogP contribution is 2.28. The second kappa shape index (κ2) is 10.8. The van der Waals surface area contributed by atoms with Crippen LogP contribution in [0.1, 0.15) is 45.2 Å². The van der Waals surface area contributed by atoms with Crippen LogP contribution in [0, 0.1) is 0 Å². The molecule has 0 aliphatic carbocycles. The zero-order valence-electron chi connectivity index (χ0n) is 17.5. The molecule has 8 heteroatoms. The molecule has 2 aromatic carbocycles. The molecule has 0 spiro atoms. The summed E-state index contributed by atoms with van der Waals surface area (Å²) in [7, 11) is 0. The first-order valence-corrected chi connectivity index (χ1v) is 11.0. The van der Waals surface area contributed by atoms with Crippen LogP contribution < -0.4 is 10.1 Å². The average Bonchev–Trinajstić information content (AvgIpc) is 3.22. The number of rotatable bonds is 10. The van der Waals surface area contributed by atoms with Crippen LogP contribution >= 0.6 is 11.8 Å². The first kappa shape index (κ1) is 21.8. The van der Waals surface area contributed by atoms with E-state index in [1.807, 2.05) is 68.4 Å². The third-order valence-corrected chi connectivity index (χ3v) is 5.61. The van der Waals surface area contributed by atoms with Crippen molar-refractivity contribution in [2.45, 2.75) is 50.1 Å². The van der Waals surface area contributed by atoms with E-state index >= 15 is 0 Å². The van der Waals surface area contributed by atoms with E-state index in [1.165, 1.54) is 11.8 Å². The minimum atomic E-state index is -0.364. The third kappa shape index (κ3) is 5.38. The Kier molecular flexibility index (Phi) is 7.84. The van der Waals surface area contributed by atoms with Crippen LogP contribution in [0.3, 0.4) is 0 Å². The van der Waals surface area contributed by atoms with Gasteiger partial charge < -0.3 is 10.1 Å². The second-order valence-electron chi connectivity index (χ2n) is 6.79. The van der Waals surface area contributed by atoms with E-state index in [0.717, 1.165) is 24.1 Å². The monoisotopic (exact) mass is 425 g/mol. The van der Waals surface area contributed by atoms with Crippen molar-refractivity contribution in [1.82, 2.24) is 25.5 Å². The molecule has 0 fully saturated rings. The van der Waals surface area contributed by atoms with E-state index < -0.39 is 0 Å². The highest BCUT2D eigenvalue weighted by Gasteiger charge is 2.23. The molecule has 2 unspecified atom stereocenters. The smallest absolute Gasteiger partial charge is 0.233 e. The van der Waals surface area contributed by atoms with Gasteiger partial charge in [0.25, 0.3) is 0 Å². The fourth-order valence-corrected chi connectivity index (χ4v) is 3.92. The SMILES string of the molecule is CCCC(NC(=O)C(C)Sc1nnnn1-c1ccccc1OCC)c1ccccc1. The van der Waals surface area contributed by atoms with Crippen molar-refractivity contribution < 1.29 is 9.53 Å². The lowest BCUT2D eigenvalue weighted by Crippen LogP contribution is -2.34. The first-order chi connectivity index (χ1) is 14.6. The summed E-state index contributed by atoms with van der Waals surface area (Å²) in [6.45, 7) is 6.45. The van der Waals surface area contributed by atoms with Crippen molar-refractivity contribution in [2.24, 2.45) is 0 Å². The fourth-order valence-electron chi connectivity index (χ4n) is 3.11. The van der Waals surface area contributed by atoms with Crippen LogP contribution in [0.4, 0.5) is 0 Å². The van der Waals surface area contributed by atoms with Gasteiger partial charge >= 0.3 is 0 Å². The third-order valence-electron chi connectivity index (χ3n) is 4.58. The lowest BCUT2D eigenvalue weighted by molar-refractivity contribution is -0.121. The summed E-state index contributed by atoms with van der Waals surface area (Å²) in [5, 5.41) is 15.4. The number of amides is 1. The van der Waals surface area contributed by atoms with Gasteiger partial charge in [-0.1, -0.05) is 67.6 Å². The van der Waals surface area contributed by atoms with Gasteiger partial charge in [0.15, 0.2) is 0 Å². The number of hydrogen-bond acceptors (Lipinski definition) is 6. The van der Waals surface area contributed by atoms with Crippen LogP contribution in [0.2, 0.25) is 0 Å². The quantitative estimate of drug-likeness (QED) is 0.490. The van der Waals surface area contributed by atoms with Gasteiger partial charge in [-0.25, -0.2) is 0 Å². The highest BCUT2D eigenvalue weighted by atomic mass is 32.2. The summed E-state index contributed by atoms with van der Waals surface area (Å²) >= 11 is 1.32. The molecule has 3 rings (SSSR count). The number of tetrazole rings is 1. The molecule has 0 aliphatic rings. The van der Waals surface area contributed by atoms with Crippen LogP contribution in [0.15, 0.2) is 59.8 Å². The number of carbonyl (C=O) groups is 1. The Morgan fingerprint density at radius 2 is 1.87 bits per heavy atom. The lowest BCUT2D eigenvalue weighted by atomic mass is 10.0. The summed E-state index contributed by atoms with van der Waals surface area (Å²) in [5.41, 5.74) is 1.85. The van der Waals surface area contributed by atoms with Gasteiger partial charge in [-0.2, -0.15) is 4.68 Å². The Morgan fingerprint density at radius 3 is 2.60 bits per heavy atom. The lowest BCUT2D eigenvalue weighted by Gasteiger charge is -2.21. The number of thioether (sulfide) groups is 1. The predicted molar refractivity (Wildman–Crippen MR) is 118 cm³/mol. The van der Waals surface area contributed by atoms with E-state index in [2.05, 4.69) is 27.8 Å². The minimum Gasteiger partial charge on any atom is -0.492 e. The van der Waals surface area contributed by atoms with Crippen molar-refractivity contribution in [2.75, 3.05) is 6.61 Å². The number of ether oxygens (including phenoxy) is 1. The Hall–Kier alpha value is -2.87. The van der Waals surface area contributed by atoms with Gasteiger partial charge in [0.05, 0.1) is 17.9 Å². The van der Waals surface area contributed by atoms with E-state index in [4.69, 9.17) is 4.74 Å². The standard InChI is InChI=1S/C22H27N5O2S/c1-4-11-18(17-12-7-6-8-13-17)23-21(28)16(3)30-22-24-25-26-27(22)19-14-9-10-15-20(19)29-5-2/h6-10,12-16,18H,4-5,11H2,1-3H3,(H,23,28). The molecule has 0 radical (unpaired) electrons. The van der Waals surface area contributed by atoms with Crippen LogP contribution in [0.25, 0.3) is 5.69 Å². The highest BCUT2D eigenvalue weighted by molar-refractivity contribution is 8.00. The normalized spacial score (nSPS) is 12.9. The molecule has 3 aromatic rings. The average molecular weight is 426 g/mol. The number of benzene rings is 2. The molecule has 30 heavy (non-hydrogen) atoms. The van der Waals surface area contributed by atoms with E-state index in [0.29, 0.717) is 17.5 Å². The zero-order valence-corrected chi connectivity index (χ0v) is 18.3. The number of hydrogen-bond donors (Lipinski definition) is 1. The van der Waals surface area contributed by atoms with Gasteiger partial charge in [-0.05, 0) is 48.4 Å². The van der Waals surface area contributed by atoms with Crippen LogP contribution in [0.5, 0.6) is 5.75 Å². The molecular weight excluding hydrogens is 398 g/mol. The topological polar surface area (TPSA) is 81.9 Å². The van der Waals surface area contributed by atoms with Gasteiger partial charge in [-0.15, -0.1) is 5.10 Å². The molecule has 1 aromatic heterocycles. The summed E-state index contributed by atoms with van der Waals surface area (Å²) in [6.07, 6.45) is 1.86. The minimum absolute atomic E-state index is 0.0126. The summed E-state index contributed by atoms with van der Waals surface area (Å²) in [5.74, 6) is 0.647. The van der Waals surface area contributed by atoms with Crippen LogP contribution in [-0.2, 0) is 4.79 Å². The maximum Gasteiger partial charge on any atom is 0.233 e. The Morgan fingerprint density at radius 1 is 1.13 bits per heavy atom. The molecule has 0 saturated carbocycles. The van der Waals surface area contributed by atoms with Crippen molar-refractivity contribution in [3.8, 4) is 11.4 Å². The van der Waals surface area contributed by atoms with E-state index in [9.17, 15) is 4.79 Å². The van der Waals surface area contributed by atoms with Crippen molar-refractivity contribution >= 4 is 17.7 Å². The van der Waals surface area contributed by atoms with Crippen LogP contribution in [-0.4, -0.2) is 38.0 Å². The van der Waals surface area contributed by atoms with Gasteiger partial charge in [0.1, 0.15) is 11.4 Å². The predicted octanol–water partition coefficient (Wildman–Crippen LogP) is 4.20. The molecule has 2 atom stereocenters. The molecule has 1 heterocycles. The number of nitrogens with zero attached hydrogens (tertiary/aromatic N) is 4. The summed E-state index contributed by atoms with van der Waals surface area (Å²) < 4.78 is 7.30. The molecule has 0 bridgehead atoms. The number of aromatic nitrogens is 4. The molecule has 7 nitrogen and oxygen atoms in total. The maximum atomic E-state index is 12.9. The van der Waals surface area contributed by atoms with Gasteiger partial charge in [-0.3, -0.25) is 4.79 Å². The Balaban J connectivity index is 1.73. The van der Waals surface area contributed by atoms with Crippen molar-refractivity contribution in [3.05, 3.63) is 60.2 Å². The first-order valence-electron chi connectivity index (χ1n) is 10.2. The van der Waals surface area contributed by atoms with E-state index in [1.54, 1.807) is 4.68 Å². The molecule has 0 saturated heterocycles. The van der Waals surface area contributed by atoms with Crippen molar-refractivity contribution in [1.29, 1.82) is 0 Å². The largest absolute Gasteiger partial charge is 0.492 e. The number of para-hydroxylation sites is 2. The van der Waals surface area contributed by atoms with E-state index in [-0.39, 0.29) is 17.2 Å². The van der Waals surface area contributed by atoms with Crippen molar-refractivity contribution in [3.63, 3.8) is 0 Å². The number of carbonyl (C=O) groups excluding carboxylic acids is 1. The Labute approximate surface area is 181 Å². The summed E-state index contributed by atoms with van der Waals surface area (Å²) in [6, 6.07) is 17.6. The number of nitrogens with one attached hydrogen (secondary N) is 1. The Bertz CT molecular complexity index is 947. The molecule has 1 N–H and O–H groups in total. The fraction of sp³-hybridized carbons (Fsp3) is 0.364. The maximum absolute atomic E-state index is 12.9. The van der Waals surface area contributed by atoms with Gasteiger partial charge in [0, 0.05) is 0 Å².